The van der Waals surface area contributed by atoms with Crippen molar-refractivity contribution in [1.82, 2.24) is 9.80 Å². The molecule has 2 aromatic rings. The predicted octanol–water partition coefficient (Wildman–Crippen LogP) is 4.23. The second-order valence-corrected chi connectivity index (χ2v) is 7.51. The van der Waals surface area contributed by atoms with Gasteiger partial charge in [0.2, 0.25) is 5.91 Å². The summed E-state index contributed by atoms with van der Waals surface area (Å²) in [4.78, 5) is 16.7. The standard InChI is InChI=1S/C21H23ClF3N3O2/c22-18-12-17(6-7-19(18)30-21(24)25)26-20(29)14-28-9-1-8-27(10-11-28)13-15-2-4-16(23)5-3-15/h2-7,12,21H,1,8-11,13-14H2,(H,26,29). The second kappa shape index (κ2) is 10.7. The van der Waals surface area contributed by atoms with E-state index in [1.165, 1.54) is 30.3 Å². The zero-order valence-corrected chi connectivity index (χ0v) is 17.0. The molecule has 9 heteroatoms. The van der Waals surface area contributed by atoms with Gasteiger partial charge in [0.15, 0.2) is 0 Å². The molecule has 0 bridgehead atoms. The van der Waals surface area contributed by atoms with Crippen molar-refractivity contribution in [3.05, 3.63) is 58.9 Å². The number of ether oxygens (including phenoxy) is 1. The molecule has 0 aromatic heterocycles. The van der Waals surface area contributed by atoms with Gasteiger partial charge in [-0.15, -0.1) is 0 Å². The van der Waals surface area contributed by atoms with Gasteiger partial charge in [-0.05, 0) is 55.4 Å². The second-order valence-electron chi connectivity index (χ2n) is 7.10. The summed E-state index contributed by atoms with van der Waals surface area (Å²) in [6.07, 6.45) is 0.917. The van der Waals surface area contributed by atoms with E-state index in [0.717, 1.165) is 44.7 Å². The number of amides is 1. The minimum absolute atomic E-state index is 0.000641. The van der Waals surface area contributed by atoms with E-state index in [4.69, 9.17) is 11.6 Å². The number of hydrogen-bond acceptors (Lipinski definition) is 4. The lowest BCUT2D eigenvalue weighted by Crippen LogP contribution is -2.36. The first-order valence-corrected chi connectivity index (χ1v) is 10.0. The number of alkyl halides is 2. The molecule has 1 aliphatic heterocycles. The maximum Gasteiger partial charge on any atom is 0.387 e. The van der Waals surface area contributed by atoms with Crippen LogP contribution in [-0.4, -0.2) is 55.0 Å². The number of nitrogens with zero attached hydrogens (tertiary/aromatic N) is 2. The number of carbonyl (C=O) groups excluding carboxylic acids is 1. The number of carbonyl (C=O) groups is 1. The SMILES string of the molecule is O=C(CN1CCCN(Cc2ccc(F)cc2)CC1)Nc1ccc(OC(F)F)c(Cl)c1. The van der Waals surface area contributed by atoms with Gasteiger partial charge in [-0.25, -0.2) is 4.39 Å². The molecule has 1 amide bonds. The average molecular weight is 442 g/mol. The van der Waals surface area contributed by atoms with Gasteiger partial charge in [0.25, 0.3) is 0 Å². The monoisotopic (exact) mass is 441 g/mol. The van der Waals surface area contributed by atoms with E-state index in [1.807, 2.05) is 0 Å². The van der Waals surface area contributed by atoms with Crippen molar-refractivity contribution in [3.8, 4) is 5.75 Å². The number of benzene rings is 2. The van der Waals surface area contributed by atoms with Crippen molar-refractivity contribution in [2.75, 3.05) is 38.0 Å². The van der Waals surface area contributed by atoms with E-state index < -0.39 is 6.61 Å². The summed E-state index contributed by atoms with van der Waals surface area (Å²) in [5.74, 6) is -0.594. The Morgan fingerprint density at radius 2 is 1.77 bits per heavy atom. The van der Waals surface area contributed by atoms with Gasteiger partial charge >= 0.3 is 6.61 Å². The van der Waals surface area contributed by atoms with Gasteiger partial charge < -0.3 is 10.1 Å². The van der Waals surface area contributed by atoms with E-state index >= 15 is 0 Å². The topological polar surface area (TPSA) is 44.8 Å². The Bertz CT molecular complexity index is 852. The number of hydrogen-bond donors (Lipinski definition) is 1. The summed E-state index contributed by atoms with van der Waals surface area (Å²) in [5.41, 5.74) is 1.47. The van der Waals surface area contributed by atoms with E-state index in [2.05, 4.69) is 19.9 Å². The van der Waals surface area contributed by atoms with Crippen LogP contribution in [0.1, 0.15) is 12.0 Å². The molecule has 0 saturated carbocycles. The van der Waals surface area contributed by atoms with Crippen LogP contribution in [0, 0.1) is 5.82 Å². The van der Waals surface area contributed by atoms with Crippen LogP contribution in [0.15, 0.2) is 42.5 Å². The van der Waals surface area contributed by atoms with E-state index in [-0.39, 0.29) is 29.0 Å². The first kappa shape index (κ1) is 22.4. The Hall–Kier alpha value is -2.29. The van der Waals surface area contributed by atoms with Gasteiger partial charge in [-0.2, -0.15) is 8.78 Å². The fraction of sp³-hybridized carbons (Fsp3) is 0.381. The molecule has 0 atom stereocenters. The first-order chi connectivity index (χ1) is 14.4. The molecule has 1 fully saturated rings. The highest BCUT2D eigenvalue weighted by atomic mass is 35.5. The number of anilines is 1. The smallest absolute Gasteiger partial charge is 0.387 e. The summed E-state index contributed by atoms with van der Waals surface area (Å²) in [6.45, 7) is 1.22. The molecule has 1 heterocycles. The van der Waals surface area contributed by atoms with Gasteiger partial charge in [-0.1, -0.05) is 23.7 Å². The van der Waals surface area contributed by atoms with Crippen molar-refractivity contribution in [2.45, 2.75) is 19.6 Å². The zero-order chi connectivity index (χ0) is 21.5. The van der Waals surface area contributed by atoms with Gasteiger partial charge in [0.05, 0.1) is 11.6 Å². The fourth-order valence-electron chi connectivity index (χ4n) is 3.36. The van der Waals surface area contributed by atoms with Crippen molar-refractivity contribution in [2.24, 2.45) is 0 Å². The predicted molar refractivity (Wildman–Crippen MR) is 109 cm³/mol. The van der Waals surface area contributed by atoms with Crippen LogP contribution < -0.4 is 10.1 Å². The van der Waals surface area contributed by atoms with Crippen LogP contribution >= 0.6 is 11.6 Å². The minimum atomic E-state index is -2.96. The summed E-state index contributed by atoms with van der Waals surface area (Å²) in [6, 6.07) is 10.6. The Balaban J connectivity index is 1.47. The third kappa shape index (κ3) is 6.90. The van der Waals surface area contributed by atoms with Crippen molar-refractivity contribution in [1.29, 1.82) is 0 Å². The van der Waals surface area contributed by atoms with E-state index in [0.29, 0.717) is 5.69 Å². The molecule has 1 aliphatic rings. The van der Waals surface area contributed by atoms with Gasteiger partial charge in [0.1, 0.15) is 11.6 Å². The third-order valence-electron chi connectivity index (χ3n) is 4.80. The van der Waals surface area contributed by atoms with E-state index in [1.54, 1.807) is 12.1 Å². The molecule has 0 aliphatic carbocycles. The largest absolute Gasteiger partial charge is 0.433 e. The average Bonchev–Trinajstić information content (AvgIpc) is 2.90. The van der Waals surface area contributed by atoms with Crippen molar-refractivity contribution < 1.29 is 22.7 Å². The highest BCUT2D eigenvalue weighted by Crippen LogP contribution is 2.28. The molecule has 3 rings (SSSR count). The Morgan fingerprint density at radius 1 is 1.07 bits per heavy atom. The quantitative estimate of drug-likeness (QED) is 0.698. The molecular weight excluding hydrogens is 419 g/mol. The molecule has 1 saturated heterocycles. The van der Waals surface area contributed by atoms with Crippen molar-refractivity contribution in [3.63, 3.8) is 0 Å². The fourth-order valence-corrected chi connectivity index (χ4v) is 3.59. The van der Waals surface area contributed by atoms with Crippen LogP contribution in [0.3, 0.4) is 0 Å². The summed E-state index contributed by atoms with van der Waals surface area (Å²) in [7, 11) is 0. The van der Waals surface area contributed by atoms with Gasteiger partial charge in [-0.3, -0.25) is 14.6 Å². The number of nitrogens with one attached hydrogen (secondary N) is 1. The summed E-state index contributed by atoms with van der Waals surface area (Å²) < 4.78 is 41.9. The lowest BCUT2D eigenvalue weighted by atomic mass is 10.2. The lowest BCUT2D eigenvalue weighted by Gasteiger charge is -2.21. The molecule has 1 N–H and O–H groups in total. The summed E-state index contributed by atoms with van der Waals surface area (Å²) in [5, 5.41) is 2.73. The molecular formula is C21H23ClF3N3O2. The van der Waals surface area contributed by atoms with E-state index in [9.17, 15) is 18.0 Å². The molecule has 2 aromatic carbocycles. The highest BCUT2D eigenvalue weighted by molar-refractivity contribution is 6.32. The normalized spacial score (nSPS) is 15.8. The molecule has 162 valence electrons. The maximum atomic E-state index is 13.0. The Morgan fingerprint density at radius 3 is 2.47 bits per heavy atom. The van der Waals surface area contributed by atoms with Gasteiger partial charge in [0, 0.05) is 25.3 Å². The lowest BCUT2D eigenvalue weighted by molar-refractivity contribution is -0.117. The van der Waals surface area contributed by atoms with Crippen LogP contribution in [-0.2, 0) is 11.3 Å². The zero-order valence-electron chi connectivity index (χ0n) is 16.3. The first-order valence-electron chi connectivity index (χ1n) is 9.62. The molecule has 0 radical (unpaired) electrons. The summed E-state index contributed by atoms with van der Waals surface area (Å²) >= 11 is 5.92. The van der Waals surface area contributed by atoms with Crippen LogP contribution in [0.4, 0.5) is 18.9 Å². The molecule has 0 spiro atoms. The van der Waals surface area contributed by atoms with Crippen LogP contribution in [0.25, 0.3) is 0 Å². The Labute approximate surface area is 178 Å². The van der Waals surface area contributed by atoms with Crippen LogP contribution in [0.2, 0.25) is 5.02 Å². The molecule has 0 unspecified atom stereocenters. The number of halogens is 4. The maximum absolute atomic E-state index is 13.0. The molecule has 5 nitrogen and oxygen atoms in total. The minimum Gasteiger partial charge on any atom is -0.433 e. The Kier molecular flexibility index (Phi) is 7.95. The molecule has 30 heavy (non-hydrogen) atoms. The van der Waals surface area contributed by atoms with Crippen LogP contribution in [0.5, 0.6) is 5.75 Å². The highest BCUT2D eigenvalue weighted by Gasteiger charge is 2.18. The number of rotatable bonds is 7. The van der Waals surface area contributed by atoms with Crippen molar-refractivity contribution >= 4 is 23.2 Å². The third-order valence-corrected chi connectivity index (χ3v) is 5.09.